The van der Waals surface area contributed by atoms with Crippen molar-refractivity contribution >= 4 is 33.7 Å². The molecule has 4 rings (SSSR count). The Hall–Kier alpha value is -3.57. The molecule has 0 unspecified atom stereocenters. The Balaban J connectivity index is 0.000000208. The lowest BCUT2D eigenvalue weighted by Gasteiger charge is -2.27. The van der Waals surface area contributed by atoms with E-state index in [1.54, 1.807) is 12.1 Å². The van der Waals surface area contributed by atoms with Crippen molar-refractivity contribution in [3.8, 4) is 0 Å². The number of piperidine rings is 2. The maximum atomic E-state index is 9.25. The molecular weight excluding hydrogens is 484 g/mol. The van der Waals surface area contributed by atoms with Crippen LogP contribution < -0.4 is 32.5 Å². The summed E-state index contributed by atoms with van der Waals surface area (Å²) in [6, 6.07) is 3.20. The zero-order chi connectivity index (χ0) is 26.2. The molecule has 10 N–H and O–H groups in total. The third-order valence-electron chi connectivity index (χ3n) is 5.25. The van der Waals surface area contributed by atoms with Crippen molar-refractivity contribution in [2.24, 2.45) is 0 Å². The van der Waals surface area contributed by atoms with E-state index in [1.165, 1.54) is 12.8 Å². The predicted molar refractivity (Wildman–Crippen MR) is 126 cm³/mol. The van der Waals surface area contributed by atoms with Crippen molar-refractivity contribution in [3.63, 3.8) is 0 Å². The summed E-state index contributed by atoms with van der Waals surface area (Å²) in [4.78, 5) is 12.2. The number of nitrogens with two attached hydrogens (primary N) is 2. The van der Waals surface area contributed by atoms with Crippen molar-refractivity contribution in [3.05, 3.63) is 23.4 Å². The molecule has 0 aliphatic carbocycles. The molecular formula is C18H32N10O6S. The highest BCUT2D eigenvalue weighted by Gasteiger charge is 2.14. The lowest BCUT2D eigenvalue weighted by molar-refractivity contribution is 0.171. The van der Waals surface area contributed by atoms with Crippen LogP contribution in [0.3, 0.4) is 0 Å². The molecule has 0 aromatic carbocycles. The number of hydrogen-bond acceptors (Lipinski definition) is 12. The summed E-state index contributed by atoms with van der Waals surface area (Å²) < 4.78 is 32.7. The van der Waals surface area contributed by atoms with Gasteiger partial charge in [0.15, 0.2) is 0 Å². The van der Waals surface area contributed by atoms with E-state index < -0.39 is 10.4 Å². The van der Waals surface area contributed by atoms with Crippen molar-refractivity contribution in [1.29, 1.82) is 10.8 Å². The summed E-state index contributed by atoms with van der Waals surface area (Å²) in [5.41, 5.74) is 10.7. The molecule has 2 fully saturated rings. The highest BCUT2D eigenvalue weighted by atomic mass is 32.3. The van der Waals surface area contributed by atoms with E-state index in [0.29, 0.717) is 21.1 Å². The van der Waals surface area contributed by atoms with Gasteiger partial charge in [0.05, 0.1) is 0 Å². The maximum absolute atomic E-state index is 9.25. The third-order valence-corrected chi connectivity index (χ3v) is 5.25. The summed E-state index contributed by atoms with van der Waals surface area (Å²) in [5.74, 6) is 1.66. The van der Waals surface area contributed by atoms with Crippen LogP contribution in [0, 0.1) is 10.8 Å². The van der Waals surface area contributed by atoms with Gasteiger partial charge in [-0.3, -0.25) is 19.9 Å². The number of nitrogen functional groups attached to an aromatic ring is 2. The second-order valence-corrected chi connectivity index (χ2v) is 8.79. The minimum Gasteiger partial charge on any atom is -0.423 e. The van der Waals surface area contributed by atoms with Gasteiger partial charge in [-0.05, 0) is 38.5 Å². The normalized spacial score (nSPS) is 15.9. The Labute approximate surface area is 201 Å². The van der Waals surface area contributed by atoms with Gasteiger partial charge in [0, 0.05) is 38.3 Å². The van der Waals surface area contributed by atoms with Crippen LogP contribution in [0.5, 0.6) is 0 Å². The summed E-state index contributed by atoms with van der Waals surface area (Å²) >= 11 is 0. The summed E-state index contributed by atoms with van der Waals surface area (Å²) in [6.45, 7) is 3.78. The molecule has 2 aliphatic rings. The van der Waals surface area contributed by atoms with Crippen LogP contribution in [0.1, 0.15) is 38.5 Å². The van der Waals surface area contributed by atoms with E-state index in [2.05, 4.69) is 19.8 Å². The SMILES string of the molecule is N=c1nc(N2CCCCC2)cc(N)n1O.N=c1nc(N2CCCCC2)cc(N)n1O.O=S(=O)(O)O. The van der Waals surface area contributed by atoms with Crippen molar-refractivity contribution in [1.82, 2.24) is 19.4 Å². The Bertz CT molecular complexity index is 1120. The highest BCUT2D eigenvalue weighted by Crippen LogP contribution is 2.18. The molecule has 2 aromatic rings. The van der Waals surface area contributed by atoms with Crippen LogP contribution in [0.2, 0.25) is 0 Å². The van der Waals surface area contributed by atoms with E-state index >= 15 is 0 Å². The van der Waals surface area contributed by atoms with Crippen LogP contribution in [0.15, 0.2) is 12.1 Å². The molecule has 35 heavy (non-hydrogen) atoms. The largest absolute Gasteiger partial charge is 0.423 e. The minimum absolute atomic E-state index is 0.149. The summed E-state index contributed by atoms with van der Waals surface area (Å²) in [5, 5.41) is 33.3. The van der Waals surface area contributed by atoms with E-state index in [4.69, 9.17) is 39.8 Å². The Kier molecular flexibility index (Phi) is 9.67. The van der Waals surface area contributed by atoms with Gasteiger partial charge in [0.2, 0.25) is 0 Å². The molecule has 2 aromatic heterocycles. The fourth-order valence-corrected chi connectivity index (χ4v) is 3.58. The van der Waals surface area contributed by atoms with E-state index in [1.807, 2.05) is 0 Å². The zero-order valence-electron chi connectivity index (χ0n) is 19.1. The zero-order valence-corrected chi connectivity index (χ0v) is 19.9. The fraction of sp³-hybridized carbons (Fsp3) is 0.556. The molecule has 16 nitrogen and oxygen atoms in total. The van der Waals surface area contributed by atoms with Crippen molar-refractivity contribution in [2.45, 2.75) is 38.5 Å². The summed E-state index contributed by atoms with van der Waals surface area (Å²) in [7, 11) is -4.67. The molecule has 0 saturated carbocycles. The molecule has 0 atom stereocenters. The van der Waals surface area contributed by atoms with E-state index in [0.717, 1.165) is 51.9 Å². The summed E-state index contributed by atoms with van der Waals surface area (Å²) in [6.07, 6.45) is 7.05. The van der Waals surface area contributed by atoms with Crippen LogP contribution in [-0.4, -0.2) is 73.5 Å². The quantitative estimate of drug-likeness (QED) is 0.189. The Morgan fingerprint density at radius 1 is 0.714 bits per heavy atom. The number of nitrogens with zero attached hydrogens (tertiary/aromatic N) is 6. The molecule has 0 spiro atoms. The average molecular weight is 517 g/mol. The first-order chi connectivity index (χ1) is 16.4. The molecule has 4 heterocycles. The van der Waals surface area contributed by atoms with E-state index in [-0.39, 0.29) is 22.9 Å². The first-order valence-electron chi connectivity index (χ1n) is 10.8. The first-order valence-corrected chi connectivity index (χ1v) is 12.2. The second-order valence-electron chi connectivity index (χ2n) is 7.89. The van der Waals surface area contributed by atoms with Gasteiger partial charge < -0.3 is 31.7 Å². The van der Waals surface area contributed by atoms with Gasteiger partial charge >= 0.3 is 10.4 Å². The molecule has 0 amide bonds. The van der Waals surface area contributed by atoms with Gasteiger partial charge in [0.25, 0.3) is 11.2 Å². The molecule has 0 radical (unpaired) electrons. The van der Waals surface area contributed by atoms with Crippen LogP contribution in [-0.2, 0) is 10.4 Å². The smallest absolute Gasteiger partial charge is 0.394 e. The fourth-order valence-electron chi connectivity index (χ4n) is 3.58. The van der Waals surface area contributed by atoms with Crippen molar-refractivity contribution < 1.29 is 27.9 Å². The molecule has 2 saturated heterocycles. The lowest BCUT2D eigenvalue weighted by Crippen LogP contribution is -2.33. The van der Waals surface area contributed by atoms with Crippen LogP contribution in [0.25, 0.3) is 0 Å². The lowest BCUT2D eigenvalue weighted by atomic mass is 10.1. The first kappa shape index (κ1) is 27.7. The number of aromatic nitrogens is 4. The number of hydrogen-bond donors (Lipinski definition) is 8. The van der Waals surface area contributed by atoms with Crippen molar-refractivity contribution in [2.75, 3.05) is 47.4 Å². The molecule has 196 valence electrons. The van der Waals surface area contributed by atoms with Gasteiger partial charge in [0.1, 0.15) is 23.3 Å². The standard InChI is InChI=1S/2C9H15N5O.H2O4S/c2*10-7-6-8(12-9(11)14(7)15)13-4-2-1-3-5-13;1-5(2,3)4/h2*6,11,15H,1-5,10H2;(H2,1,2,3,4). The molecule has 2 aliphatic heterocycles. The number of anilines is 4. The number of rotatable bonds is 2. The Morgan fingerprint density at radius 2 is 1.00 bits per heavy atom. The van der Waals surface area contributed by atoms with E-state index in [9.17, 15) is 10.4 Å². The maximum Gasteiger partial charge on any atom is 0.394 e. The van der Waals surface area contributed by atoms with Crippen LogP contribution >= 0.6 is 0 Å². The Morgan fingerprint density at radius 3 is 1.26 bits per heavy atom. The van der Waals surface area contributed by atoms with Gasteiger partial charge in [-0.1, -0.05) is 0 Å². The van der Waals surface area contributed by atoms with Crippen LogP contribution in [0.4, 0.5) is 23.3 Å². The second kappa shape index (κ2) is 12.2. The monoisotopic (exact) mass is 516 g/mol. The minimum atomic E-state index is -4.67. The van der Waals surface area contributed by atoms with Gasteiger partial charge in [-0.25, -0.2) is 0 Å². The topological polar surface area (TPSA) is 257 Å². The number of nitrogens with one attached hydrogen (secondary N) is 2. The molecule has 0 bridgehead atoms. The molecule has 17 heteroatoms. The highest BCUT2D eigenvalue weighted by molar-refractivity contribution is 7.79. The predicted octanol–water partition coefficient (Wildman–Crippen LogP) is -0.308. The van der Waals surface area contributed by atoms with Gasteiger partial charge in [-0.2, -0.15) is 18.4 Å². The van der Waals surface area contributed by atoms with Gasteiger partial charge in [-0.15, -0.1) is 9.46 Å². The third kappa shape index (κ3) is 8.95. The average Bonchev–Trinajstić information content (AvgIpc) is 2.81.